The Morgan fingerprint density at radius 1 is 1.22 bits per heavy atom. The molecule has 1 N–H and O–H groups in total. The van der Waals surface area contributed by atoms with Crippen LogP contribution in [0.2, 0.25) is 0 Å². The van der Waals surface area contributed by atoms with Gasteiger partial charge in [-0.25, -0.2) is 0 Å². The van der Waals surface area contributed by atoms with E-state index in [-0.39, 0.29) is 24.0 Å². The minimum absolute atomic E-state index is 0. The van der Waals surface area contributed by atoms with Crippen LogP contribution in [0.25, 0.3) is 0 Å². The van der Waals surface area contributed by atoms with E-state index in [4.69, 9.17) is 4.99 Å². The molecule has 2 rings (SSSR count). The van der Waals surface area contributed by atoms with Crippen molar-refractivity contribution in [3.8, 4) is 0 Å². The zero-order chi connectivity index (χ0) is 12.1. The highest BCUT2D eigenvalue weighted by Gasteiger charge is 2.40. The molecule has 0 bridgehead atoms. The average Bonchev–Trinajstić information content (AvgIpc) is 2.96. The fraction of sp³-hybridized carbons (Fsp3) is 0.929. The van der Waals surface area contributed by atoms with Gasteiger partial charge in [0.05, 0.1) is 0 Å². The van der Waals surface area contributed by atoms with E-state index in [0.29, 0.717) is 5.41 Å². The molecule has 1 aliphatic heterocycles. The van der Waals surface area contributed by atoms with Crippen molar-refractivity contribution >= 4 is 29.9 Å². The predicted molar refractivity (Wildman–Crippen MR) is 88.8 cm³/mol. The number of hydrogen-bond acceptors (Lipinski definition) is 1. The SMILES string of the molecule is CCCN=C(NCC)N1CCC2(CCCC2)C1.I. The molecule has 1 saturated heterocycles. The Morgan fingerprint density at radius 2 is 1.94 bits per heavy atom. The van der Waals surface area contributed by atoms with Crippen LogP contribution in [0, 0.1) is 5.41 Å². The van der Waals surface area contributed by atoms with Crippen LogP contribution in [0.1, 0.15) is 52.4 Å². The van der Waals surface area contributed by atoms with Crippen LogP contribution in [-0.4, -0.2) is 37.0 Å². The molecular formula is C14H28IN3. The Balaban J connectivity index is 0.00000162. The molecule has 0 unspecified atom stereocenters. The molecule has 2 fully saturated rings. The van der Waals surface area contributed by atoms with E-state index in [0.717, 1.165) is 25.5 Å². The minimum Gasteiger partial charge on any atom is -0.357 e. The molecule has 106 valence electrons. The fourth-order valence-corrected chi connectivity index (χ4v) is 3.29. The molecule has 1 spiro atoms. The van der Waals surface area contributed by atoms with Gasteiger partial charge < -0.3 is 10.2 Å². The molecule has 0 atom stereocenters. The molecule has 1 aliphatic carbocycles. The molecule has 1 heterocycles. The van der Waals surface area contributed by atoms with Gasteiger partial charge in [-0.3, -0.25) is 4.99 Å². The fourth-order valence-electron chi connectivity index (χ4n) is 3.29. The summed E-state index contributed by atoms with van der Waals surface area (Å²) < 4.78 is 0. The summed E-state index contributed by atoms with van der Waals surface area (Å²) in [6, 6.07) is 0. The highest BCUT2D eigenvalue weighted by Crippen LogP contribution is 2.45. The summed E-state index contributed by atoms with van der Waals surface area (Å²) in [5.74, 6) is 1.15. The van der Waals surface area contributed by atoms with E-state index in [1.807, 2.05) is 0 Å². The van der Waals surface area contributed by atoms with Crippen molar-refractivity contribution in [1.82, 2.24) is 10.2 Å². The topological polar surface area (TPSA) is 27.6 Å². The third-order valence-corrected chi connectivity index (χ3v) is 4.22. The van der Waals surface area contributed by atoms with Crippen LogP contribution in [0.15, 0.2) is 4.99 Å². The molecule has 0 radical (unpaired) electrons. The third-order valence-electron chi connectivity index (χ3n) is 4.22. The van der Waals surface area contributed by atoms with Gasteiger partial charge in [0.25, 0.3) is 0 Å². The zero-order valence-corrected chi connectivity index (χ0v) is 14.2. The van der Waals surface area contributed by atoms with E-state index in [1.54, 1.807) is 0 Å². The second kappa shape index (κ2) is 7.56. The van der Waals surface area contributed by atoms with Crippen molar-refractivity contribution in [3.63, 3.8) is 0 Å². The molecule has 2 aliphatic rings. The molecule has 3 nitrogen and oxygen atoms in total. The summed E-state index contributed by atoms with van der Waals surface area (Å²) in [7, 11) is 0. The van der Waals surface area contributed by atoms with Crippen molar-refractivity contribution in [1.29, 1.82) is 0 Å². The number of rotatable bonds is 3. The largest absolute Gasteiger partial charge is 0.357 e. The maximum absolute atomic E-state index is 4.70. The molecule has 0 aromatic carbocycles. The lowest BCUT2D eigenvalue weighted by atomic mass is 9.86. The summed E-state index contributed by atoms with van der Waals surface area (Å²) in [5.41, 5.74) is 0.641. The lowest BCUT2D eigenvalue weighted by Crippen LogP contribution is -2.41. The number of aliphatic imine (C=N–C) groups is 1. The number of nitrogens with one attached hydrogen (secondary N) is 1. The number of likely N-dealkylation sites (tertiary alicyclic amines) is 1. The zero-order valence-electron chi connectivity index (χ0n) is 11.9. The van der Waals surface area contributed by atoms with Crippen LogP contribution in [0.4, 0.5) is 0 Å². The summed E-state index contributed by atoms with van der Waals surface area (Å²) >= 11 is 0. The van der Waals surface area contributed by atoms with Crippen molar-refractivity contribution < 1.29 is 0 Å². The Morgan fingerprint density at radius 3 is 2.56 bits per heavy atom. The van der Waals surface area contributed by atoms with Gasteiger partial charge in [0.1, 0.15) is 0 Å². The van der Waals surface area contributed by atoms with Crippen LogP contribution >= 0.6 is 24.0 Å². The van der Waals surface area contributed by atoms with Crippen LogP contribution in [-0.2, 0) is 0 Å². The smallest absolute Gasteiger partial charge is 0.193 e. The first kappa shape index (κ1) is 16.1. The van der Waals surface area contributed by atoms with Gasteiger partial charge in [-0.2, -0.15) is 0 Å². The Bertz CT molecular complexity index is 272. The van der Waals surface area contributed by atoms with Gasteiger partial charge in [-0.1, -0.05) is 19.8 Å². The Kier molecular flexibility index (Phi) is 6.74. The quantitative estimate of drug-likeness (QED) is 0.472. The van der Waals surface area contributed by atoms with Crippen molar-refractivity contribution in [3.05, 3.63) is 0 Å². The number of halogens is 1. The first-order valence-corrected chi connectivity index (χ1v) is 7.33. The second-order valence-corrected chi connectivity index (χ2v) is 5.61. The lowest BCUT2D eigenvalue weighted by molar-refractivity contribution is 0.309. The van der Waals surface area contributed by atoms with Gasteiger partial charge in [0, 0.05) is 26.2 Å². The van der Waals surface area contributed by atoms with E-state index < -0.39 is 0 Å². The van der Waals surface area contributed by atoms with E-state index in [1.165, 1.54) is 45.2 Å². The molecule has 1 saturated carbocycles. The monoisotopic (exact) mass is 365 g/mol. The van der Waals surface area contributed by atoms with Crippen molar-refractivity contribution in [2.24, 2.45) is 10.4 Å². The molecule has 4 heteroatoms. The predicted octanol–water partition coefficient (Wildman–Crippen LogP) is 3.25. The molecular weight excluding hydrogens is 337 g/mol. The third kappa shape index (κ3) is 3.75. The first-order valence-electron chi connectivity index (χ1n) is 7.33. The highest BCUT2D eigenvalue weighted by atomic mass is 127. The van der Waals surface area contributed by atoms with Crippen LogP contribution in [0.5, 0.6) is 0 Å². The molecule has 18 heavy (non-hydrogen) atoms. The van der Waals surface area contributed by atoms with Crippen LogP contribution < -0.4 is 5.32 Å². The van der Waals surface area contributed by atoms with Gasteiger partial charge >= 0.3 is 0 Å². The number of guanidine groups is 1. The summed E-state index contributed by atoms with van der Waals surface area (Å²) in [4.78, 5) is 7.19. The molecule has 0 aromatic rings. The van der Waals surface area contributed by atoms with Crippen molar-refractivity contribution in [2.45, 2.75) is 52.4 Å². The van der Waals surface area contributed by atoms with Crippen LogP contribution in [0.3, 0.4) is 0 Å². The minimum atomic E-state index is 0. The van der Waals surface area contributed by atoms with E-state index >= 15 is 0 Å². The Labute approximate surface area is 129 Å². The lowest BCUT2D eigenvalue weighted by Gasteiger charge is -2.25. The summed E-state index contributed by atoms with van der Waals surface area (Å²) in [5, 5.41) is 3.44. The normalized spacial score (nSPS) is 22.3. The van der Waals surface area contributed by atoms with Gasteiger partial charge in [-0.05, 0) is 38.0 Å². The molecule has 0 amide bonds. The molecule has 0 aromatic heterocycles. The summed E-state index contributed by atoms with van der Waals surface area (Å²) in [6.45, 7) is 8.72. The maximum Gasteiger partial charge on any atom is 0.193 e. The van der Waals surface area contributed by atoms with Gasteiger partial charge in [0.2, 0.25) is 0 Å². The van der Waals surface area contributed by atoms with Gasteiger partial charge in [0.15, 0.2) is 5.96 Å². The second-order valence-electron chi connectivity index (χ2n) is 5.61. The van der Waals surface area contributed by atoms with E-state index in [9.17, 15) is 0 Å². The average molecular weight is 365 g/mol. The standard InChI is InChI=1S/C14H27N3.HI/c1-3-10-16-13(15-4-2)17-11-9-14(12-17)7-5-6-8-14;/h3-12H2,1-2H3,(H,15,16);1H. The highest BCUT2D eigenvalue weighted by molar-refractivity contribution is 14.0. The van der Waals surface area contributed by atoms with Gasteiger partial charge in [-0.15, -0.1) is 24.0 Å². The van der Waals surface area contributed by atoms with E-state index in [2.05, 4.69) is 24.1 Å². The first-order chi connectivity index (χ1) is 8.29. The Hall–Kier alpha value is 0. The van der Waals surface area contributed by atoms with Crippen molar-refractivity contribution in [2.75, 3.05) is 26.2 Å². The number of hydrogen-bond donors (Lipinski definition) is 1. The maximum atomic E-state index is 4.70. The summed E-state index contributed by atoms with van der Waals surface area (Å²) in [6.07, 6.45) is 8.28. The number of nitrogens with zero attached hydrogens (tertiary/aromatic N) is 2.